The summed E-state index contributed by atoms with van der Waals surface area (Å²) in [6.45, 7) is 3.41. The van der Waals surface area contributed by atoms with E-state index in [1.54, 1.807) is 0 Å². The lowest BCUT2D eigenvalue weighted by Gasteiger charge is -2.37. The van der Waals surface area contributed by atoms with Gasteiger partial charge < -0.3 is 4.90 Å². The molecule has 17 heavy (non-hydrogen) atoms. The average Bonchev–Trinajstić information content (AvgIpc) is 2.40. The highest BCUT2D eigenvalue weighted by Gasteiger charge is 2.23. The van der Waals surface area contributed by atoms with Gasteiger partial charge in [-0.05, 0) is 36.6 Å². The maximum atomic E-state index is 2.49. The summed E-state index contributed by atoms with van der Waals surface area (Å²) in [4.78, 5) is 2.49. The number of fused-ring (bicyclic) bond motifs is 1. The predicted molar refractivity (Wildman–Crippen MR) is 72.3 cm³/mol. The minimum atomic E-state index is 0.474. The van der Waals surface area contributed by atoms with Crippen molar-refractivity contribution in [2.24, 2.45) is 0 Å². The van der Waals surface area contributed by atoms with E-state index in [9.17, 15) is 0 Å². The summed E-state index contributed by atoms with van der Waals surface area (Å²) in [5.41, 5.74) is 4.31. The van der Waals surface area contributed by atoms with Gasteiger partial charge in [0.25, 0.3) is 0 Å². The van der Waals surface area contributed by atoms with Crippen LogP contribution in [-0.4, -0.2) is 6.54 Å². The normalized spacial score (nSPS) is 18.9. The molecule has 2 aromatic carbocycles. The van der Waals surface area contributed by atoms with Crippen molar-refractivity contribution in [1.82, 2.24) is 0 Å². The molecule has 0 radical (unpaired) electrons. The van der Waals surface area contributed by atoms with Crippen LogP contribution < -0.4 is 4.90 Å². The molecule has 1 aliphatic heterocycles. The van der Waals surface area contributed by atoms with Crippen LogP contribution in [0.2, 0.25) is 0 Å². The second kappa shape index (κ2) is 4.25. The van der Waals surface area contributed by atoms with Crippen LogP contribution >= 0.6 is 0 Å². The van der Waals surface area contributed by atoms with E-state index in [0.717, 1.165) is 13.0 Å². The Hall–Kier alpha value is -1.76. The van der Waals surface area contributed by atoms with E-state index in [1.165, 1.54) is 16.8 Å². The van der Waals surface area contributed by atoms with Crippen molar-refractivity contribution < 1.29 is 0 Å². The third-order valence-electron chi connectivity index (χ3n) is 3.68. The van der Waals surface area contributed by atoms with E-state index in [4.69, 9.17) is 0 Å². The summed E-state index contributed by atoms with van der Waals surface area (Å²) in [5.74, 6) is 0. The molecule has 0 saturated heterocycles. The minimum Gasteiger partial charge on any atom is -0.364 e. The first-order valence-electron chi connectivity index (χ1n) is 6.26. The Morgan fingerprint density at radius 1 is 0.941 bits per heavy atom. The lowest BCUT2D eigenvalue weighted by molar-refractivity contribution is 0.625. The molecule has 0 fully saturated rings. The molecule has 1 nitrogen and oxygen atoms in total. The molecule has 0 aliphatic carbocycles. The standard InChI is InChI=1S/C16H17N/c1-13-16-10-6-5-7-14(16)11-12-17(13)15-8-3-2-4-9-15/h2-10,13H,11-12H2,1H3. The molecule has 0 aromatic heterocycles. The molecule has 1 atom stereocenters. The molecular weight excluding hydrogens is 206 g/mol. The van der Waals surface area contributed by atoms with Crippen molar-refractivity contribution in [3.8, 4) is 0 Å². The smallest absolute Gasteiger partial charge is 0.0517 e. The number of benzene rings is 2. The largest absolute Gasteiger partial charge is 0.364 e. The highest BCUT2D eigenvalue weighted by atomic mass is 15.2. The molecule has 1 heteroatoms. The average molecular weight is 223 g/mol. The Morgan fingerprint density at radius 3 is 2.47 bits per heavy atom. The second-order valence-electron chi connectivity index (χ2n) is 4.65. The van der Waals surface area contributed by atoms with Crippen molar-refractivity contribution in [3.05, 3.63) is 65.7 Å². The molecular formula is C16H17N. The number of para-hydroxylation sites is 1. The number of nitrogens with zero attached hydrogens (tertiary/aromatic N) is 1. The van der Waals surface area contributed by atoms with Crippen LogP contribution in [0.5, 0.6) is 0 Å². The van der Waals surface area contributed by atoms with Gasteiger partial charge in [-0.15, -0.1) is 0 Å². The van der Waals surface area contributed by atoms with E-state index in [0.29, 0.717) is 6.04 Å². The molecule has 0 N–H and O–H groups in total. The number of rotatable bonds is 1. The highest BCUT2D eigenvalue weighted by Crippen LogP contribution is 2.32. The molecule has 86 valence electrons. The van der Waals surface area contributed by atoms with Crippen molar-refractivity contribution >= 4 is 5.69 Å². The van der Waals surface area contributed by atoms with Crippen LogP contribution in [0.4, 0.5) is 5.69 Å². The molecule has 3 rings (SSSR count). The Morgan fingerprint density at radius 2 is 1.65 bits per heavy atom. The van der Waals surface area contributed by atoms with Gasteiger partial charge >= 0.3 is 0 Å². The Labute approximate surface area is 103 Å². The first-order chi connectivity index (χ1) is 8.36. The van der Waals surface area contributed by atoms with Gasteiger partial charge in [0.2, 0.25) is 0 Å². The molecule has 1 unspecified atom stereocenters. The summed E-state index contributed by atoms with van der Waals surface area (Å²) in [5, 5.41) is 0. The molecule has 2 aromatic rings. The Bertz CT molecular complexity index is 504. The number of hydrogen-bond acceptors (Lipinski definition) is 1. The van der Waals surface area contributed by atoms with Crippen molar-refractivity contribution in [1.29, 1.82) is 0 Å². The summed E-state index contributed by atoms with van der Waals surface area (Å²) in [6, 6.07) is 20.0. The fourth-order valence-electron chi connectivity index (χ4n) is 2.74. The molecule has 1 heterocycles. The monoisotopic (exact) mass is 223 g/mol. The van der Waals surface area contributed by atoms with E-state index in [-0.39, 0.29) is 0 Å². The zero-order valence-corrected chi connectivity index (χ0v) is 10.1. The van der Waals surface area contributed by atoms with Gasteiger partial charge in [0.15, 0.2) is 0 Å². The van der Waals surface area contributed by atoms with Gasteiger partial charge in [-0.1, -0.05) is 42.5 Å². The van der Waals surface area contributed by atoms with Gasteiger partial charge in [0, 0.05) is 12.2 Å². The van der Waals surface area contributed by atoms with Gasteiger partial charge in [-0.2, -0.15) is 0 Å². The van der Waals surface area contributed by atoms with Crippen LogP contribution in [0.25, 0.3) is 0 Å². The Kier molecular flexibility index (Phi) is 2.60. The van der Waals surface area contributed by atoms with Crippen molar-refractivity contribution in [2.45, 2.75) is 19.4 Å². The number of anilines is 1. The van der Waals surface area contributed by atoms with Crippen LogP contribution in [0.3, 0.4) is 0 Å². The fraction of sp³-hybridized carbons (Fsp3) is 0.250. The summed E-state index contributed by atoms with van der Waals surface area (Å²) in [7, 11) is 0. The molecule has 1 aliphatic rings. The quantitative estimate of drug-likeness (QED) is 0.710. The molecule has 0 amide bonds. The van der Waals surface area contributed by atoms with Crippen molar-refractivity contribution in [2.75, 3.05) is 11.4 Å². The summed E-state index contributed by atoms with van der Waals surface area (Å²) in [6.07, 6.45) is 1.15. The number of hydrogen-bond donors (Lipinski definition) is 0. The lowest BCUT2D eigenvalue weighted by atomic mass is 9.93. The molecule has 0 spiro atoms. The maximum absolute atomic E-state index is 2.49. The maximum Gasteiger partial charge on any atom is 0.0517 e. The summed E-state index contributed by atoms with van der Waals surface area (Å²) < 4.78 is 0. The molecule has 0 bridgehead atoms. The van der Waals surface area contributed by atoms with Gasteiger partial charge in [-0.3, -0.25) is 0 Å². The van der Waals surface area contributed by atoms with Crippen LogP contribution in [0, 0.1) is 0 Å². The topological polar surface area (TPSA) is 3.24 Å². The van der Waals surface area contributed by atoms with Crippen LogP contribution in [-0.2, 0) is 6.42 Å². The van der Waals surface area contributed by atoms with E-state index >= 15 is 0 Å². The fourth-order valence-corrected chi connectivity index (χ4v) is 2.74. The first kappa shape index (κ1) is 10.4. The SMILES string of the molecule is CC1c2ccccc2CCN1c1ccccc1. The van der Waals surface area contributed by atoms with E-state index in [2.05, 4.69) is 66.4 Å². The third-order valence-corrected chi connectivity index (χ3v) is 3.68. The zero-order valence-electron chi connectivity index (χ0n) is 10.1. The Balaban J connectivity index is 1.97. The highest BCUT2D eigenvalue weighted by molar-refractivity contribution is 5.51. The summed E-state index contributed by atoms with van der Waals surface area (Å²) >= 11 is 0. The van der Waals surface area contributed by atoms with Crippen LogP contribution in [0.1, 0.15) is 24.1 Å². The minimum absolute atomic E-state index is 0.474. The van der Waals surface area contributed by atoms with Crippen LogP contribution in [0.15, 0.2) is 54.6 Å². The predicted octanol–water partition coefficient (Wildman–Crippen LogP) is 3.81. The third kappa shape index (κ3) is 1.82. The van der Waals surface area contributed by atoms with E-state index in [1.807, 2.05) is 0 Å². The first-order valence-corrected chi connectivity index (χ1v) is 6.26. The molecule has 0 saturated carbocycles. The van der Waals surface area contributed by atoms with Gasteiger partial charge in [0.1, 0.15) is 0 Å². The van der Waals surface area contributed by atoms with E-state index < -0.39 is 0 Å². The second-order valence-corrected chi connectivity index (χ2v) is 4.65. The lowest BCUT2D eigenvalue weighted by Crippen LogP contribution is -2.33. The van der Waals surface area contributed by atoms with Gasteiger partial charge in [0.05, 0.1) is 6.04 Å². The van der Waals surface area contributed by atoms with Crippen molar-refractivity contribution in [3.63, 3.8) is 0 Å². The van der Waals surface area contributed by atoms with Gasteiger partial charge in [-0.25, -0.2) is 0 Å². The zero-order chi connectivity index (χ0) is 11.7.